The summed E-state index contributed by atoms with van der Waals surface area (Å²) >= 11 is 6.45. The first kappa shape index (κ1) is 31.0. The van der Waals surface area contributed by atoms with E-state index in [2.05, 4.69) is 5.32 Å². The van der Waals surface area contributed by atoms with E-state index in [0.29, 0.717) is 35.0 Å². The Morgan fingerprint density at radius 1 is 0.975 bits per heavy atom. The number of nitrogens with zero attached hydrogens (tertiary/aromatic N) is 2. The van der Waals surface area contributed by atoms with Crippen LogP contribution in [0.4, 0.5) is 5.69 Å². The van der Waals surface area contributed by atoms with Gasteiger partial charge in [-0.25, -0.2) is 8.42 Å². The molecule has 0 aliphatic heterocycles. The van der Waals surface area contributed by atoms with Crippen molar-refractivity contribution in [1.82, 2.24) is 10.2 Å². The van der Waals surface area contributed by atoms with Crippen molar-refractivity contribution in [2.45, 2.75) is 38.8 Å². The number of anilines is 1. The molecule has 0 fully saturated rings. The molecule has 40 heavy (non-hydrogen) atoms. The largest absolute Gasteiger partial charge is 0.495 e. The van der Waals surface area contributed by atoms with Crippen LogP contribution in [0.2, 0.25) is 5.02 Å². The van der Waals surface area contributed by atoms with Crippen molar-refractivity contribution in [3.63, 3.8) is 0 Å². The molecule has 8 nitrogen and oxygen atoms in total. The van der Waals surface area contributed by atoms with Gasteiger partial charge in [0.2, 0.25) is 21.8 Å². The van der Waals surface area contributed by atoms with Crippen LogP contribution in [0.3, 0.4) is 0 Å². The summed E-state index contributed by atoms with van der Waals surface area (Å²) < 4.78 is 31.9. The van der Waals surface area contributed by atoms with Gasteiger partial charge in [0.25, 0.3) is 0 Å². The number of hydrogen-bond donors (Lipinski definition) is 1. The van der Waals surface area contributed by atoms with Crippen LogP contribution < -0.4 is 14.4 Å². The van der Waals surface area contributed by atoms with Crippen molar-refractivity contribution in [3.8, 4) is 5.75 Å². The van der Waals surface area contributed by atoms with Gasteiger partial charge in [-0.1, -0.05) is 72.3 Å². The predicted molar refractivity (Wildman–Crippen MR) is 159 cm³/mol. The van der Waals surface area contributed by atoms with Crippen LogP contribution in [0.15, 0.2) is 78.9 Å². The van der Waals surface area contributed by atoms with Crippen molar-refractivity contribution in [3.05, 3.63) is 95.0 Å². The molecule has 3 rings (SSSR count). The number of halogens is 1. The summed E-state index contributed by atoms with van der Waals surface area (Å²) in [6, 6.07) is 22.8. The normalized spacial score (nSPS) is 11.9. The molecule has 0 spiro atoms. The van der Waals surface area contributed by atoms with Crippen molar-refractivity contribution in [1.29, 1.82) is 0 Å². The first-order chi connectivity index (χ1) is 19.2. The highest BCUT2D eigenvalue weighted by Crippen LogP contribution is 2.30. The van der Waals surface area contributed by atoms with Crippen LogP contribution in [0.25, 0.3) is 0 Å². The second-order valence-corrected chi connectivity index (χ2v) is 11.6. The lowest BCUT2D eigenvalue weighted by atomic mass is 10.0. The number of hydrogen-bond acceptors (Lipinski definition) is 5. The number of carbonyl (C=O) groups is 2. The average molecular weight is 586 g/mol. The number of nitrogens with one attached hydrogen (secondary N) is 1. The highest BCUT2D eigenvalue weighted by atomic mass is 35.5. The van der Waals surface area contributed by atoms with Crippen LogP contribution in [0.1, 0.15) is 30.9 Å². The number of methoxy groups -OCH3 is 1. The molecule has 214 valence electrons. The van der Waals surface area contributed by atoms with E-state index in [9.17, 15) is 18.0 Å². The lowest BCUT2D eigenvalue weighted by Gasteiger charge is -2.32. The summed E-state index contributed by atoms with van der Waals surface area (Å²) in [5.41, 5.74) is 2.03. The molecular weight excluding hydrogens is 550 g/mol. The average Bonchev–Trinajstić information content (AvgIpc) is 2.94. The molecular formula is C30H36ClN3O5S. The zero-order chi connectivity index (χ0) is 29.1. The molecule has 10 heteroatoms. The number of carbonyl (C=O) groups excluding carboxylic acids is 2. The second-order valence-electron chi connectivity index (χ2n) is 9.32. The third kappa shape index (κ3) is 8.47. The standard InChI is InChI=1S/C30H36ClN3O5S/c1-4-32-30(36)27(21-23-13-6-5-7-14-23)33(22-24-15-8-9-16-25(24)31)29(35)19-12-20-34(40(3,37)38)26-17-10-11-18-28(26)39-2/h5-11,13-18,27H,4,12,19-22H2,1-3H3,(H,32,36). The molecule has 3 aromatic rings. The first-order valence-corrected chi connectivity index (χ1v) is 15.3. The molecule has 0 aromatic heterocycles. The summed E-state index contributed by atoms with van der Waals surface area (Å²) in [5.74, 6) is -0.127. The van der Waals surface area contributed by atoms with Crippen molar-refractivity contribution in [2.75, 3.05) is 30.8 Å². The number of amides is 2. The van der Waals surface area contributed by atoms with E-state index in [1.807, 2.05) is 49.4 Å². The number of sulfonamides is 1. The maximum Gasteiger partial charge on any atom is 0.243 e. The zero-order valence-corrected chi connectivity index (χ0v) is 24.6. The molecule has 0 heterocycles. The molecule has 1 N–H and O–H groups in total. The van der Waals surface area contributed by atoms with Crippen LogP contribution in [-0.2, 0) is 32.6 Å². The fourth-order valence-electron chi connectivity index (χ4n) is 4.47. The van der Waals surface area contributed by atoms with Gasteiger partial charge < -0.3 is 15.0 Å². The van der Waals surface area contributed by atoms with E-state index >= 15 is 0 Å². The Hall–Kier alpha value is -3.56. The Bertz CT molecular complexity index is 1380. The van der Waals surface area contributed by atoms with Gasteiger partial charge in [0, 0.05) is 37.5 Å². The highest BCUT2D eigenvalue weighted by molar-refractivity contribution is 7.92. The Morgan fingerprint density at radius 3 is 2.27 bits per heavy atom. The molecule has 0 bridgehead atoms. The van der Waals surface area contributed by atoms with E-state index in [4.69, 9.17) is 16.3 Å². The minimum absolute atomic E-state index is 0.0241. The monoisotopic (exact) mass is 585 g/mol. The molecule has 0 saturated heterocycles. The summed E-state index contributed by atoms with van der Waals surface area (Å²) in [4.78, 5) is 28.6. The summed E-state index contributed by atoms with van der Waals surface area (Å²) in [6.07, 6.45) is 1.70. The van der Waals surface area contributed by atoms with E-state index < -0.39 is 16.1 Å². The topological polar surface area (TPSA) is 96.0 Å². The molecule has 0 radical (unpaired) electrons. The number of rotatable bonds is 14. The van der Waals surface area contributed by atoms with Crippen molar-refractivity contribution in [2.24, 2.45) is 0 Å². The molecule has 3 aromatic carbocycles. The van der Waals surface area contributed by atoms with Crippen LogP contribution in [0.5, 0.6) is 5.75 Å². The molecule has 0 aliphatic rings. The Balaban J connectivity index is 1.88. The Morgan fingerprint density at radius 2 is 1.62 bits per heavy atom. The first-order valence-electron chi connectivity index (χ1n) is 13.1. The molecule has 1 atom stereocenters. The second kappa shape index (κ2) is 14.7. The van der Waals surface area contributed by atoms with Gasteiger partial charge in [-0.2, -0.15) is 0 Å². The van der Waals surface area contributed by atoms with Gasteiger partial charge in [0.05, 0.1) is 19.1 Å². The Kier molecular flexibility index (Phi) is 11.4. The van der Waals surface area contributed by atoms with Gasteiger partial charge in [-0.3, -0.25) is 13.9 Å². The van der Waals surface area contributed by atoms with E-state index in [0.717, 1.165) is 11.8 Å². The van der Waals surface area contributed by atoms with E-state index in [-0.39, 0.29) is 37.7 Å². The zero-order valence-electron chi connectivity index (χ0n) is 23.0. The maximum absolute atomic E-state index is 13.8. The summed E-state index contributed by atoms with van der Waals surface area (Å²) in [7, 11) is -2.18. The lowest BCUT2D eigenvalue weighted by Crippen LogP contribution is -2.50. The Labute approximate surface area is 241 Å². The fourth-order valence-corrected chi connectivity index (χ4v) is 5.64. The van der Waals surface area contributed by atoms with Gasteiger partial charge in [0.15, 0.2) is 0 Å². The van der Waals surface area contributed by atoms with Crippen LogP contribution >= 0.6 is 11.6 Å². The van der Waals surface area contributed by atoms with Gasteiger partial charge in [0.1, 0.15) is 11.8 Å². The van der Waals surface area contributed by atoms with Crippen LogP contribution in [-0.4, -0.2) is 57.6 Å². The number of para-hydroxylation sites is 2. The number of likely N-dealkylation sites (N-methyl/N-ethyl adjacent to an activating group) is 1. The van der Waals surface area contributed by atoms with Crippen LogP contribution in [0, 0.1) is 0 Å². The third-order valence-corrected chi connectivity index (χ3v) is 7.98. The molecule has 1 unspecified atom stereocenters. The minimum atomic E-state index is -3.65. The minimum Gasteiger partial charge on any atom is -0.495 e. The lowest BCUT2D eigenvalue weighted by molar-refractivity contribution is -0.141. The maximum atomic E-state index is 13.8. The van der Waals surface area contributed by atoms with Gasteiger partial charge in [-0.15, -0.1) is 0 Å². The predicted octanol–water partition coefficient (Wildman–Crippen LogP) is 4.67. The fraction of sp³-hybridized carbons (Fsp3) is 0.333. The third-order valence-electron chi connectivity index (χ3n) is 6.43. The summed E-state index contributed by atoms with van der Waals surface area (Å²) in [5, 5.41) is 3.36. The summed E-state index contributed by atoms with van der Waals surface area (Å²) in [6.45, 7) is 2.45. The molecule has 0 aliphatic carbocycles. The molecule has 0 saturated carbocycles. The van der Waals surface area contributed by atoms with Gasteiger partial charge in [-0.05, 0) is 42.7 Å². The smallest absolute Gasteiger partial charge is 0.243 e. The molecule has 2 amide bonds. The number of benzene rings is 3. The highest BCUT2D eigenvalue weighted by Gasteiger charge is 2.31. The van der Waals surface area contributed by atoms with Crippen molar-refractivity contribution < 1.29 is 22.7 Å². The van der Waals surface area contributed by atoms with E-state index in [1.165, 1.54) is 11.4 Å². The SMILES string of the molecule is CCNC(=O)C(Cc1ccccc1)N(Cc1ccccc1Cl)C(=O)CCCN(c1ccccc1OC)S(C)(=O)=O. The van der Waals surface area contributed by atoms with Gasteiger partial charge >= 0.3 is 0 Å². The van der Waals surface area contributed by atoms with Crippen molar-refractivity contribution >= 4 is 39.1 Å². The van der Waals surface area contributed by atoms with E-state index in [1.54, 1.807) is 41.3 Å². The quantitative estimate of drug-likeness (QED) is 0.297. The number of ether oxygens (including phenoxy) is 1.